The van der Waals surface area contributed by atoms with Gasteiger partial charge in [0.25, 0.3) is 0 Å². The predicted octanol–water partition coefficient (Wildman–Crippen LogP) is 1.71. The Balaban J connectivity index is 1.64. The highest BCUT2D eigenvalue weighted by atomic mass is 35.5. The summed E-state index contributed by atoms with van der Waals surface area (Å²) in [6.07, 6.45) is 1.68. The molecule has 170 valence electrons. The van der Waals surface area contributed by atoms with E-state index in [0.717, 1.165) is 0 Å². The number of nitrogens with zero attached hydrogens (tertiary/aromatic N) is 2. The van der Waals surface area contributed by atoms with Gasteiger partial charge in [-0.25, -0.2) is 0 Å². The molecule has 0 radical (unpaired) electrons. The fraction of sp³-hybridized carbons (Fsp3) is 0.591. The molecule has 2 aliphatic rings. The van der Waals surface area contributed by atoms with Crippen molar-refractivity contribution in [3.05, 3.63) is 29.3 Å². The number of piperidine rings is 1. The molecule has 0 aromatic heterocycles. The van der Waals surface area contributed by atoms with E-state index < -0.39 is 0 Å². The van der Waals surface area contributed by atoms with E-state index in [0.29, 0.717) is 76.0 Å². The Morgan fingerprint density at radius 3 is 2.26 bits per heavy atom. The molecule has 2 heterocycles. The predicted molar refractivity (Wildman–Crippen MR) is 116 cm³/mol. The molecule has 9 heteroatoms. The van der Waals surface area contributed by atoms with Crippen molar-refractivity contribution in [2.45, 2.75) is 26.2 Å². The maximum atomic E-state index is 13.0. The molecule has 3 rings (SSSR count). The second kappa shape index (κ2) is 10.8. The van der Waals surface area contributed by atoms with Crippen molar-refractivity contribution in [2.24, 2.45) is 5.41 Å². The highest BCUT2D eigenvalue weighted by molar-refractivity contribution is 6.30. The van der Waals surface area contributed by atoms with Crippen molar-refractivity contribution in [1.29, 1.82) is 0 Å². The second-order valence-electron chi connectivity index (χ2n) is 8.20. The molecule has 31 heavy (non-hydrogen) atoms. The van der Waals surface area contributed by atoms with Crippen LogP contribution in [0.4, 0.5) is 0 Å². The van der Waals surface area contributed by atoms with E-state index in [1.54, 1.807) is 17.0 Å². The van der Waals surface area contributed by atoms with Crippen LogP contribution in [0, 0.1) is 5.41 Å². The third-order valence-corrected chi connectivity index (χ3v) is 6.17. The van der Waals surface area contributed by atoms with E-state index in [9.17, 15) is 14.4 Å². The highest BCUT2D eigenvalue weighted by Crippen LogP contribution is 2.37. The molecule has 0 atom stereocenters. The molecule has 0 unspecified atom stereocenters. The Morgan fingerprint density at radius 1 is 1.03 bits per heavy atom. The molecule has 2 aliphatic heterocycles. The largest absolute Gasteiger partial charge is 0.493 e. The van der Waals surface area contributed by atoms with Crippen LogP contribution in [0.1, 0.15) is 26.2 Å². The van der Waals surface area contributed by atoms with Crippen molar-refractivity contribution in [3.63, 3.8) is 0 Å². The molecule has 0 spiro atoms. The van der Waals surface area contributed by atoms with Gasteiger partial charge in [0.15, 0.2) is 0 Å². The Hall–Kier alpha value is -2.32. The summed E-state index contributed by atoms with van der Waals surface area (Å²) >= 11 is 5.95. The standard InChI is InChI=1S/C22H30ClN3O5/c1-17(27)24-15-21(29)25-8-6-22(7-9-25,14-20(28)26-10-12-30-13-11-26)16-31-19-4-2-18(23)3-5-19/h2-5H,6-16H2,1H3,(H,24,27). The summed E-state index contributed by atoms with van der Waals surface area (Å²) in [7, 11) is 0. The molecule has 1 N–H and O–H groups in total. The van der Waals surface area contributed by atoms with Gasteiger partial charge in [0.2, 0.25) is 17.7 Å². The first kappa shape index (κ1) is 23.3. The summed E-state index contributed by atoms with van der Waals surface area (Å²) in [5.41, 5.74) is -0.361. The fourth-order valence-corrected chi connectivity index (χ4v) is 4.05. The van der Waals surface area contributed by atoms with Gasteiger partial charge in [0.1, 0.15) is 5.75 Å². The summed E-state index contributed by atoms with van der Waals surface area (Å²) in [6, 6.07) is 7.16. The number of carbonyl (C=O) groups excluding carboxylic acids is 3. The molecule has 0 saturated carbocycles. The van der Waals surface area contributed by atoms with Crippen LogP contribution in [0.5, 0.6) is 5.75 Å². The molecule has 3 amide bonds. The first-order valence-electron chi connectivity index (χ1n) is 10.6. The Bertz CT molecular complexity index is 772. The number of hydrogen-bond donors (Lipinski definition) is 1. The maximum absolute atomic E-state index is 13.0. The average molecular weight is 452 g/mol. The molecule has 1 aromatic rings. The number of ether oxygens (including phenoxy) is 2. The monoisotopic (exact) mass is 451 g/mol. The van der Waals surface area contributed by atoms with Gasteiger partial charge in [-0.2, -0.15) is 0 Å². The quantitative estimate of drug-likeness (QED) is 0.681. The summed E-state index contributed by atoms with van der Waals surface area (Å²) in [6.45, 7) is 5.16. The molecule has 8 nitrogen and oxygen atoms in total. The zero-order chi connectivity index (χ0) is 22.3. The number of carbonyl (C=O) groups is 3. The van der Waals surface area contributed by atoms with Crippen LogP contribution in [-0.2, 0) is 19.1 Å². The van der Waals surface area contributed by atoms with Crippen molar-refractivity contribution < 1.29 is 23.9 Å². The topological polar surface area (TPSA) is 88.2 Å². The lowest BCUT2D eigenvalue weighted by Gasteiger charge is -2.42. The van der Waals surface area contributed by atoms with Crippen molar-refractivity contribution in [3.8, 4) is 5.75 Å². The Morgan fingerprint density at radius 2 is 1.65 bits per heavy atom. The molecule has 1 aromatic carbocycles. The van der Waals surface area contributed by atoms with Gasteiger partial charge in [-0.1, -0.05) is 11.6 Å². The van der Waals surface area contributed by atoms with E-state index in [2.05, 4.69) is 5.32 Å². The van der Waals surface area contributed by atoms with Crippen LogP contribution >= 0.6 is 11.6 Å². The lowest BCUT2D eigenvalue weighted by atomic mass is 9.75. The summed E-state index contributed by atoms with van der Waals surface area (Å²) < 4.78 is 11.4. The minimum Gasteiger partial charge on any atom is -0.493 e. The zero-order valence-corrected chi connectivity index (χ0v) is 18.7. The van der Waals surface area contributed by atoms with Gasteiger partial charge in [0.05, 0.1) is 26.4 Å². The number of nitrogens with one attached hydrogen (secondary N) is 1. The molecular formula is C22H30ClN3O5. The fourth-order valence-electron chi connectivity index (χ4n) is 3.93. The van der Waals surface area contributed by atoms with Crippen LogP contribution in [0.2, 0.25) is 5.02 Å². The van der Waals surface area contributed by atoms with Gasteiger partial charge < -0.3 is 24.6 Å². The number of likely N-dealkylation sites (tertiary alicyclic amines) is 1. The average Bonchev–Trinajstić information content (AvgIpc) is 2.78. The second-order valence-corrected chi connectivity index (χ2v) is 8.64. The highest BCUT2D eigenvalue weighted by Gasteiger charge is 2.39. The summed E-state index contributed by atoms with van der Waals surface area (Å²) in [5.74, 6) is 0.460. The minimum absolute atomic E-state index is 0.00365. The maximum Gasteiger partial charge on any atom is 0.241 e. The number of morpholine rings is 1. The van der Waals surface area contributed by atoms with Crippen LogP contribution in [0.25, 0.3) is 0 Å². The van der Waals surface area contributed by atoms with Crippen LogP contribution < -0.4 is 10.1 Å². The summed E-state index contributed by atoms with van der Waals surface area (Å²) in [4.78, 5) is 40.0. The van der Waals surface area contributed by atoms with E-state index >= 15 is 0 Å². The van der Waals surface area contributed by atoms with E-state index in [-0.39, 0.29) is 29.7 Å². The molecule has 0 aliphatic carbocycles. The number of amides is 3. The normalized spacial score (nSPS) is 18.4. The summed E-state index contributed by atoms with van der Waals surface area (Å²) in [5, 5.41) is 3.19. The van der Waals surface area contributed by atoms with E-state index in [1.807, 2.05) is 17.0 Å². The van der Waals surface area contributed by atoms with Gasteiger partial charge in [-0.05, 0) is 37.1 Å². The van der Waals surface area contributed by atoms with Crippen LogP contribution in [-0.4, -0.2) is 80.1 Å². The van der Waals surface area contributed by atoms with E-state index in [1.165, 1.54) is 6.92 Å². The SMILES string of the molecule is CC(=O)NCC(=O)N1CCC(COc2ccc(Cl)cc2)(CC(=O)N2CCOCC2)CC1. The Labute approximate surface area is 187 Å². The van der Waals surface area contributed by atoms with Gasteiger partial charge >= 0.3 is 0 Å². The van der Waals surface area contributed by atoms with Crippen LogP contribution in [0.15, 0.2) is 24.3 Å². The number of hydrogen-bond acceptors (Lipinski definition) is 5. The third-order valence-electron chi connectivity index (χ3n) is 5.91. The lowest BCUT2D eigenvalue weighted by molar-refractivity contribution is -0.141. The molecular weight excluding hydrogens is 422 g/mol. The lowest BCUT2D eigenvalue weighted by Crippen LogP contribution is -2.50. The van der Waals surface area contributed by atoms with Gasteiger partial charge in [-0.15, -0.1) is 0 Å². The first-order chi connectivity index (χ1) is 14.9. The third kappa shape index (κ3) is 6.83. The number of halogens is 1. The Kier molecular flexibility index (Phi) is 8.15. The first-order valence-corrected chi connectivity index (χ1v) is 11.0. The molecule has 2 fully saturated rings. The van der Waals surface area contributed by atoms with E-state index in [4.69, 9.17) is 21.1 Å². The molecule has 0 bridgehead atoms. The van der Waals surface area contributed by atoms with Crippen molar-refractivity contribution in [1.82, 2.24) is 15.1 Å². The van der Waals surface area contributed by atoms with Crippen LogP contribution in [0.3, 0.4) is 0 Å². The van der Waals surface area contributed by atoms with Gasteiger partial charge in [0, 0.05) is 50.0 Å². The number of rotatable bonds is 7. The smallest absolute Gasteiger partial charge is 0.241 e. The molecule has 2 saturated heterocycles. The van der Waals surface area contributed by atoms with Crippen molar-refractivity contribution in [2.75, 3.05) is 52.5 Å². The van der Waals surface area contributed by atoms with Crippen molar-refractivity contribution >= 4 is 29.3 Å². The minimum atomic E-state index is -0.361. The van der Waals surface area contributed by atoms with Gasteiger partial charge in [-0.3, -0.25) is 14.4 Å². The zero-order valence-electron chi connectivity index (χ0n) is 17.9. The number of benzene rings is 1.